The van der Waals surface area contributed by atoms with Crippen LogP contribution in [0.3, 0.4) is 0 Å². The van der Waals surface area contributed by atoms with Gasteiger partial charge in [-0.15, -0.1) is 0 Å². The molecule has 2 N–H and O–H groups in total. The van der Waals surface area contributed by atoms with Crippen molar-refractivity contribution >= 4 is 17.7 Å². The van der Waals surface area contributed by atoms with E-state index in [0.29, 0.717) is 24.4 Å². The molecule has 1 amide bonds. The Morgan fingerprint density at radius 3 is 2.14 bits per heavy atom. The van der Waals surface area contributed by atoms with Crippen LogP contribution in [0.1, 0.15) is 43.9 Å². The van der Waals surface area contributed by atoms with Crippen LogP contribution in [0.4, 0.5) is 10.5 Å². The fourth-order valence-corrected chi connectivity index (χ4v) is 4.61. The predicted molar refractivity (Wildman–Crippen MR) is 139 cm³/mol. The molecule has 0 aromatic heterocycles. The molecule has 1 atom stereocenters. The number of amides is 1. The molecule has 5 rings (SSSR count). The lowest BCUT2D eigenvalue weighted by Crippen LogP contribution is -2.40. The van der Waals surface area contributed by atoms with Gasteiger partial charge in [-0.2, -0.15) is 0 Å². The van der Waals surface area contributed by atoms with Gasteiger partial charge in [-0.3, -0.25) is 10.1 Å². The summed E-state index contributed by atoms with van der Waals surface area (Å²) in [5, 5.41) is 15.6. The number of alkyl carbamates (subject to hydrolysis) is 1. The summed E-state index contributed by atoms with van der Waals surface area (Å²) in [7, 11) is 1.75. The number of ether oxygens (including phenoxy) is 1. The molecule has 2 aliphatic rings. The lowest BCUT2D eigenvalue weighted by molar-refractivity contribution is -0.140. The fraction of sp³-hybridized carbons (Fsp3) is 0.241. The first kappa shape index (κ1) is 24.4. The molecule has 3 aromatic carbocycles. The number of allylic oxidation sites excluding steroid dienone is 1. The van der Waals surface area contributed by atoms with E-state index in [-0.39, 0.29) is 0 Å². The van der Waals surface area contributed by atoms with Crippen LogP contribution in [0, 0.1) is 0 Å². The van der Waals surface area contributed by atoms with Gasteiger partial charge in [0, 0.05) is 7.05 Å². The van der Waals surface area contributed by atoms with Crippen LogP contribution in [0.25, 0.3) is 11.1 Å². The molecule has 1 fully saturated rings. The summed E-state index contributed by atoms with van der Waals surface area (Å²) in [4.78, 5) is 30.0. The minimum Gasteiger partial charge on any atom is -0.481 e. The maximum absolute atomic E-state index is 12.7. The number of hydrogen-bond acceptors (Lipinski definition) is 6. The highest BCUT2D eigenvalue weighted by atomic mass is 16.7. The first-order valence-corrected chi connectivity index (χ1v) is 12.2. The van der Waals surface area contributed by atoms with Crippen molar-refractivity contribution in [3.8, 4) is 11.1 Å². The summed E-state index contributed by atoms with van der Waals surface area (Å²) < 4.78 is 5.57. The molecule has 0 spiro atoms. The quantitative estimate of drug-likeness (QED) is 0.428. The van der Waals surface area contributed by atoms with Crippen LogP contribution in [-0.2, 0) is 19.8 Å². The van der Waals surface area contributed by atoms with Crippen LogP contribution in [0.15, 0.2) is 90.4 Å². The number of aliphatic carboxylic acids is 1. The second-order valence-corrected chi connectivity index (χ2v) is 9.37. The number of nitrogens with zero attached hydrogens (tertiary/aromatic N) is 2. The van der Waals surface area contributed by atoms with Gasteiger partial charge in [0.15, 0.2) is 11.6 Å². The summed E-state index contributed by atoms with van der Waals surface area (Å²) in [5.74, 6) is 0.236. The molecular formula is C29H29N3O5. The normalized spacial score (nSPS) is 17.2. The average molecular weight is 500 g/mol. The van der Waals surface area contributed by atoms with Gasteiger partial charge in [0.05, 0.1) is 11.1 Å². The van der Waals surface area contributed by atoms with E-state index in [2.05, 4.69) is 5.32 Å². The minimum absolute atomic E-state index is 0.411. The molecule has 8 nitrogen and oxygen atoms in total. The molecule has 1 unspecified atom stereocenters. The highest BCUT2D eigenvalue weighted by Gasteiger charge is 2.51. The molecule has 0 radical (unpaired) electrons. The van der Waals surface area contributed by atoms with Gasteiger partial charge >= 0.3 is 12.1 Å². The number of rotatable bonds is 7. The van der Waals surface area contributed by atoms with E-state index in [1.165, 1.54) is 5.17 Å². The zero-order valence-corrected chi connectivity index (χ0v) is 21.0. The molecular weight excluding hydrogens is 470 g/mol. The van der Waals surface area contributed by atoms with Crippen LogP contribution < -0.4 is 10.3 Å². The molecule has 1 saturated carbocycles. The predicted octanol–water partition coefficient (Wildman–Crippen LogP) is 5.74. The van der Waals surface area contributed by atoms with E-state index >= 15 is 0 Å². The van der Waals surface area contributed by atoms with Crippen LogP contribution in [0.2, 0.25) is 0 Å². The van der Waals surface area contributed by atoms with Crippen molar-refractivity contribution in [1.82, 2.24) is 10.5 Å². The van der Waals surface area contributed by atoms with Crippen molar-refractivity contribution in [2.45, 2.75) is 38.2 Å². The maximum atomic E-state index is 12.7. The Morgan fingerprint density at radius 2 is 1.57 bits per heavy atom. The summed E-state index contributed by atoms with van der Waals surface area (Å²) in [6, 6.07) is 25.1. The van der Waals surface area contributed by atoms with Crippen molar-refractivity contribution in [3.63, 3.8) is 0 Å². The number of benzene rings is 3. The van der Waals surface area contributed by atoms with Crippen molar-refractivity contribution in [2.75, 3.05) is 12.1 Å². The third kappa shape index (κ3) is 4.75. The number of carbonyl (C=O) groups excluding carboxylic acids is 1. The zero-order chi connectivity index (χ0) is 26.2. The Hall–Kier alpha value is -4.30. The second-order valence-electron chi connectivity index (χ2n) is 9.37. The molecule has 8 heteroatoms. The standard InChI is InChI=1S/C29H29N3O5/c1-19(21-7-5-4-6-8-21)36-28(35)30-26-20(2)37-31(3)32(26)25-15-11-23(12-16-25)22-9-13-24(14-10-22)29(17-18-29)27(33)34/h4-16,19H,17-18H2,1-3H3,(H,30,35)(H,33,34). The Morgan fingerprint density at radius 1 is 0.973 bits per heavy atom. The third-order valence-corrected chi connectivity index (χ3v) is 6.91. The number of nitrogens with one attached hydrogen (secondary N) is 1. The minimum atomic E-state index is -0.757. The monoisotopic (exact) mass is 499 g/mol. The SMILES string of the molecule is CC1=C(NC(=O)OC(C)c2ccccc2)N(c2ccc(-c3ccc(C4(C(=O)O)CC4)cc3)cc2)N(C)O1. The van der Waals surface area contributed by atoms with Gasteiger partial charge in [0.25, 0.3) is 0 Å². The van der Waals surface area contributed by atoms with Crippen molar-refractivity contribution in [1.29, 1.82) is 0 Å². The third-order valence-electron chi connectivity index (χ3n) is 6.91. The Labute approximate surface area is 215 Å². The Kier molecular flexibility index (Phi) is 6.35. The molecule has 0 saturated heterocycles. The number of carboxylic acid groups (broad SMARTS) is 1. The lowest BCUT2D eigenvalue weighted by Gasteiger charge is -2.26. The molecule has 1 heterocycles. The summed E-state index contributed by atoms with van der Waals surface area (Å²) in [6.07, 6.45) is 0.376. The number of carboxylic acids is 1. The van der Waals surface area contributed by atoms with E-state index in [0.717, 1.165) is 27.9 Å². The van der Waals surface area contributed by atoms with Crippen molar-refractivity contribution in [3.05, 3.63) is 102 Å². The number of carbonyl (C=O) groups is 2. The molecule has 0 bridgehead atoms. The van der Waals surface area contributed by atoms with E-state index in [1.54, 1.807) is 19.0 Å². The van der Waals surface area contributed by atoms with Gasteiger partial charge in [-0.05, 0) is 66.2 Å². The van der Waals surface area contributed by atoms with Gasteiger partial charge in [-0.1, -0.05) is 66.7 Å². The highest BCUT2D eigenvalue weighted by Crippen LogP contribution is 2.48. The van der Waals surface area contributed by atoms with Gasteiger partial charge < -0.3 is 14.7 Å². The Bertz CT molecular complexity index is 1330. The van der Waals surface area contributed by atoms with Gasteiger partial charge in [0.1, 0.15) is 6.10 Å². The fourth-order valence-electron chi connectivity index (χ4n) is 4.61. The van der Waals surface area contributed by atoms with E-state index < -0.39 is 23.6 Å². The largest absolute Gasteiger partial charge is 0.481 e. The smallest absolute Gasteiger partial charge is 0.413 e. The number of hydrogen-bond donors (Lipinski definition) is 2. The molecule has 1 aliphatic carbocycles. The van der Waals surface area contributed by atoms with Crippen LogP contribution in [0.5, 0.6) is 0 Å². The van der Waals surface area contributed by atoms with Crippen molar-refractivity contribution < 1.29 is 24.3 Å². The summed E-state index contributed by atoms with van der Waals surface area (Å²) >= 11 is 0. The molecule has 1 aliphatic heterocycles. The first-order chi connectivity index (χ1) is 17.8. The maximum Gasteiger partial charge on any atom is 0.413 e. The zero-order valence-electron chi connectivity index (χ0n) is 21.0. The van der Waals surface area contributed by atoms with E-state index in [4.69, 9.17) is 9.57 Å². The second kappa shape index (κ2) is 9.63. The molecule has 3 aromatic rings. The van der Waals surface area contributed by atoms with Crippen LogP contribution in [-0.4, -0.2) is 29.4 Å². The topological polar surface area (TPSA) is 91.3 Å². The van der Waals surface area contributed by atoms with Gasteiger partial charge in [-0.25, -0.2) is 9.80 Å². The number of anilines is 1. The van der Waals surface area contributed by atoms with E-state index in [9.17, 15) is 14.7 Å². The molecule has 190 valence electrons. The average Bonchev–Trinajstić information content (AvgIpc) is 3.67. The van der Waals surface area contributed by atoms with Crippen LogP contribution >= 0.6 is 0 Å². The Balaban J connectivity index is 1.29. The van der Waals surface area contributed by atoms with E-state index in [1.807, 2.05) is 85.8 Å². The summed E-state index contributed by atoms with van der Waals surface area (Å²) in [6.45, 7) is 3.59. The lowest BCUT2D eigenvalue weighted by atomic mass is 9.94. The van der Waals surface area contributed by atoms with Crippen molar-refractivity contribution in [2.24, 2.45) is 0 Å². The number of hydrazine groups is 1. The van der Waals surface area contributed by atoms with Gasteiger partial charge in [0.2, 0.25) is 0 Å². The molecule has 37 heavy (non-hydrogen) atoms. The highest BCUT2D eigenvalue weighted by molar-refractivity contribution is 5.85. The summed E-state index contributed by atoms with van der Waals surface area (Å²) in [5.41, 5.74) is 3.81. The number of hydroxylamine groups is 1. The first-order valence-electron chi connectivity index (χ1n) is 12.2.